The Morgan fingerprint density at radius 1 is 0.340 bits per heavy atom. The van der Waals surface area contributed by atoms with E-state index in [4.69, 9.17) is 168 Å². The molecule has 141 heavy (non-hydrogen) atoms. The maximum Gasteiger partial charge on any atom is 0.161 e. The number of rotatable bonds is 27. The number of ether oxygens (including phenoxy) is 12. The predicted octanol–water partition coefficient (Wildman–Crippen LogP) is 20.6. The largest absolute Gasteiger partial charge is 0.493 e. The molecule has 24 heteroatoms. The molecule has 0 N–H and O–H groups in total. The highest BCUT2D eigenvalue weighted by Gasteiger charge is 2.47. The molecule has 6 aromatic rings. The quantitative estimate of drug-likeness (QED) is 0.0466. The molecule has 0 bridgehead atoms. The van der Waals surface area contributed by atoms with E-state index in [1.54, 1.807) is 27.7 Å². The second kappa shape index (κ2) is 50.0. The summed E-state index contributed by atoms with van der Waals surface area (Å²) in [6.45, 7) is -20.1. The molecule has 774 valence electrons. The van der Waals surface area contributed by atoms with Crippen molar-refractivity contribution in [3.63, 3.8) is 0 Å². The van der Waals surface area contributed by atoms with Crippen LogP contribution in [0.25, 0.3) is 0 Å². The number of ketones is 6. The minimum absolute atomic E-state index is 0.0176. The Kier molecular flexibility index (Phi) is 15.7. The van der Waals surface area contributed by atoms with Gasteiger partial charge in [0.2, 0.25) is 0 Å². The molecule has 0 aliphatic carbocycles. The van der Waals surface area contributed by atoms with Crippen LogP contribution in [-0.2, 0) is 67.1 Å². The topological polar surface area (TPSA) is 233 Å². The van der Waals surface area contributed by atoms with Crippen LogP contribution in [0, 0.1) is 70.9 Å². The average Bonchev–Trinajstić information content (AvgIpc) is 0.655. The van der Waals surface area contributed by atoms with E-state index in [-0.39, 0.29) is 102 Å². The van der Waals surface area contributed by atoms with Crippen molar-refractivity contribution < 1.29 is 198 Å². The fourth-order valence-corrected chi connectivity index (χ4v) is 17.0. The van der Waals surface area contributed by atoms with Crippen LogP contribution in [0.4, 0.5) is 0 Å². The predicted molar refractivity (Wildman–Crippen MR) is 555 cm³/mol. The van der Waals surface area contributed by atoms with Crippen LogP contribution < -0.4 is 56.8 Å². The van der Waals surface area contributed by atoms with Gasteiger partial charge in [-0.2, -0.15) is 0 Å². The summed E-state index contributed by atoms with van der Waals surface area (Å²) in [5.41, 5.74) is -4.38. The molecule has 18 rings (SSSR count). The smallest absolute Gasteiger partial charge is 0.161 e. The normalized spacial score (nSPS) is 42.7. The highest BCUT2D eigenvalue weighted by atomic mass is 16.5. The van der Waals surface area contributed by atoms with E-state index in [0.717, 1.165) is 69.5 Å². The SMILES string of the molecule is [2H]C([2H])([2H])Oc1cc2c(cc1OC)C1([2H])N(CC([2H])(CC(C)C)C(=O)C1([2H])[2H])C([2H])([2H])C2([2H])[2H].[2H]c1c(OC)c(OC([2H])([2H])[2H])c([2H])c2c1C1([2H])CC(=O)C(C([2H])([2H])C([2H])(C([2H])([2H])[2H])C([2H])([2H])C)CN1C([2H])([2H])C2([2H])[2H].[2H]c1c(OC)c(OC([2H])([2H])[2H])c([2H])c2c1C1([2H])CC(=O)C(CC(C)C)CN1C([2H])([2H])C2([2H])[2H].[2H]c1c2c(c([2H])c(OC)c1OC([2H])([2H])[2H])C1CC(=O)C(C([2H])([2H])C([2H])(C([2H])([2H])[2H])C([2H])([2H])C)C([2H])([2H])N1CC2.[2H]c1c2c(c([2H])c(OC)c1OC([2H])([2H])[2H])C1N(CC2)C([2H])([2H])C([2H])(C([2H])([2H])C([2H])(C([2H])([2H])[2H])C([2H])([2H])C)C(=O)C1([2H])[2H].[2H]c1c2c(c([2H])c(OC)c1OC([2H])([2H])[2H])C1N(CC2)C([2H])([2H])C([2H])(CC(C)C)C(=O)C1([2H])[2H]. The van der Waals surface area contributed by atoms with Crippen molar-refractivity contribution in [1.29, 1.82) is 0 Å². The summed E-state index contributed by atoms with van der Waals surface area (Å²) in [7, 11) is -11.7. The average molecular weight is 2030 g/mol. The van der Waals surface area contributed by atoms with Gasteiger partial charge in [-0.25, -0.2) is 0 Å². The third kappa shape index (κ3) is 25.6. The fourth-order valence-electron chi connectivity index (χ4n) is 17.0. The fraction of sp³-hybridized carbons (Fsp3) is 0.641. The number of carbonyl (C=O) groups is 6. The number of Topliss-reactive ketones (excluding diaryl/α,β-unsaturated/α-hetero) is 6. The molecule has 0 amide bonds. The summed E-state index contributed by atoms with van der Waals surface area (Å²) in [4.78, 5) is 85.2. The molecule has 15 unspecified atom stereocenters. The van der Waals surface area contributed by atoms with E-state index in [0.29, 0.717) is 41.9 Å². The zero-order valence-corrected chi connectivity index (χ0v) is 80.0. The second-order valence-corrected chi connectivity index (χ2v) is 34.3. The van der Waals surface area contributed by atoms with Crippen molar-refractivity contribution in [3.05, 3.63) is 139 Å². The molecule has 24 nitrogen and oxygen atoms in total. The lowest BCUT2D eigenvalue weighted by atomic mass is 9.79. The summed E-state index contributed by atoms with van der Waals surface area (Å²) in [6.07, 6.45) is -42.0. The van der Waals surface area contributed by atoms with E-state index >= 15 is 0 Å². The van der Waals surface area contributed by atoms with Crippen LogP contribution in [0.3, 0.4) is 0 Å². The Balaban J connectivity index is 0.000000213. The van der Waals surface area contributed by atoms with E-state index in [1.807, 2.05) is 13.8 Å². The third-order valence-electron chi connectivity index (χ3n) is 23.8. The molecular formula is C117H168N6O18. The molecule has 0 spiro atoms. The number of fused-ring (bicyclic) bond motifs is 18. The Morgan fingerprint density at radius 3 is 1.13 bits per heavy atom. The number of aryl methyl sites for hydroxylation is 1. The molecular weight excluding hydrogens is 1780 g/mol. The van der Waals surface area contributed by atoms with Crippen molar-refractivity contribution in [2.45, 2.75) is 253 Å². The van der Waals surface area contributed by atoms with Gasteiger partial charge in [0.15, 0.2) is 69.0 Å². The van der Waals surface area contributed by atoms with Gasteiger partial charge >= 0.3 is 0 Å². The van der Waals surface area contributed by atoms with Crippen molar-refractivity contribution in [1.82, 2.24) is 29.4 Å². The molecule has 0 radical (unpaired) electrons. The zero-order valence-electron chi connectivity index (χ0n) is 162. The number of carbonyl (C=O) groups excluding carboxylic acids is 6. The molecule has 0 saturated carbocycles. The van der Waals surface area contributed by atoms with Crippen molar-refractivity contribution in [2.24, 2.45) is 70.9 Å². The van der Waals surface area contributed by atoms with Gasteiger partial charge in [0.25, 0.3) is 0 Å². The lowest BCUT2D eigenvalue weighted by molar-refractivity contribution is -0.130. The summed E-state index contributed by atoms with van der Waals surface area (Å²) in [5, 5.41) is 0. The molecule has 12 aliphatic rings. The van der Waals surface area contributed by atoms with Gasteiger partial charge in [0.05, 0.1) is 127 Å². The first kappa shape index (κ1) is 44.2. The van der Waals surface area contributed by atoms with Gasteiger partial charge in [-0.15, -0.1) is 0 Å². The Bertz CT molecular complexity index is 9330. The number of hydrogen-bond donors (Lipinski definition) is 0. The number of methoxy groups -OCH3 is 12. The summed E-state index contributed by atoms with van der Waals surface area (Å²) < 4.78 is 736. The highest BCUT2D eigenvalue weighted by molar-refractivity contribution is 5.86. The maximum atomic E-state index is 13.9. The van der Waals surface area contributed by atoms with Gasteiger partial charge in [-0.3, -0.25) is 58.2 Å². The van der Waals surface area contributed by atoms with Crippen molar-refractivity contribution >= 4 is 34.7 Å². The minimum atomic E-state index is -4.21. The van der Waals surface area contributed by atoms with Crippen molar-refractivity contribution in [3.8, 4) is 69.0 Å². The van der Waals surface area contributed by atoms with Crippen LogP contribution >= 0.6 is 0 Å². The number of piperidine rings is 6. The molecule has 12 aliphatic heterocycles. The first-order valence-electron chi connectivity index (χ1n) is 85.6. The van der Waals surface area contributed by atoms with E-state index in [9.17, 15) is 30.1 Å². The lowest BCUT2D eigenvalue weighted by Crippen LogP contribution is -2.46. The molecule has 6 fully saturated rings. The molecule has 15 atom stereocenters. The number of nitrogens with zero attached hydrogens (tertiary/aromatic N) is 6. The van der Waals surface area contributed by atoms with Crippen LogP contribution in [0.15, 0.2) is 72.6 Å². The summed E-state index contributed by atoms with van der Waals surface area (Å²) in [6, 6.07) is -17.4. The summed E-state index contributed by atoms with van der Waals surface area (Å²) in [5.74, 6) is -39.3. The number of hydrogen-bond acceptors (Lipinski definition) is 24. The Morgan fingerprint density at radius 2 is 0.688 bits per heavy atom. The monoisotopic (exact) mass is 2030 g/mol. The standard InChI is InChI=1S/3C20H29NO3.3C19H27NO3/c3*1-5-13(2)8-15-12-21-7-6-14-9-19(23-3)20(24-4)10-16(14)17(21)11-18(15)22;3*1-12(2)7-14-11-20-6-5-13-8-18(22-3)19(23-4)9-15(13)16(20)10-17(14)21/h3*9-10,13,15,17H,5-8,11-12H2,1-4H3;3*8-9,12,14,16H,5-7,10-11H2,1-4H3/i2D3,3D3,5D2,8D2,9D,10D,11D2,12D2,13D,15D;2D3,3D3,5D2,6D2,7D2,8D2,9D,10D,13D,17D;2D3,3D3,5D2,8D2,9D,10D,12D2,13D;3D3,8D,9D,10D2,11D2,14D;3D3,5D2,6D2,10D2,14D,16D;3D3,5D2,6D2,8D,9D,16D. The van der Waals surface area contributed by atoms with E-state index in [1.165, 1.54) is 0 Å². The van der Waals surface area contributed by atoms with Gasteiger partial charge in [0.1, 0.15) is 34.7 Å². The maximum absolute atomic E-state index is 13.9. The lowest BCUT2D eigenvalue weighted by Gasteiger charge is -2.43. The minimum Gasteiger partial charge on any atom is -0.493 e. The highest BCUT2D eigenvalue weighted by Crippen LogP contribution is 2.51. The van der Waals surface area contributed by atoms with Crippen LogP contribution in [-0.4, -0.2) is 227 Å². The summed E-state index contributed by atoms with van der Waals surface area (Å²) >= 11 is 0. The number of benzene rings is 6. The van der Waals surface area contributed by atoms with E-state index in [2.05, 4.69) is 0 Å². The van der Waals surface area contributed by atoms with Gasteiger partial charge in [-0.05, 0) is 252 Å². The van der Waals surface area contributed by atoms with Crippen LogP contribution in [0.5, 0.6) is 69.0 Å². The first-order chi connectivity index (χ1) is 99.3. The Hall–Kier alpha value is -9.30. The molecule has 12 heterocycles. The zero-order chi connectivity index (χ0) is 173. The first-order valence-corrected chi connectivity index (χ1v) is 44.6. The van der Waals surface area contributed by atoms with Crippen LogP contribution in [0.1, 0.15) is 394 Å². The molecule has 6 aromatic carbocycles. The molecule has 6 saturated heterocycles. The van der Waals surface area contributed by atoms with Gasteiger partial charge < -0.3 is 56.8 Å². The molecule has 0 aromatic heterocycles. The van der Waals surface area contributed by atoms with Crippen molar-refractivity contribution in [2.75, 3.05) is 163 Å². The Labute approximate surface area is 957 Å². The van der Waals surface area contributed by atoms with Gasteiger partial charge in [0, 0.05) is 258 Å². The van der Waals surface area contributed by atoms with Crippen LogP contribution in [0.2, 0.25) is 0 Å². The third-order valence-corrected chi connectivity index (χ3v) is 23.8. The van der Waals surface area contributed by atoms with Gasteiger partial charge in [-0.1, -0.05) is 102 Å². The van der Waals surface area contributed by atoms with E-state index < -0.39 is 504 Å². The second-order valence-electron chi connectivity index (χ2n) is 34.3.